The van der Waals surface area contributed by atoms with Crippen LogP contribution in [0.1, 0.15) is 6.92 Å². The van der Waals surface area contributed by atoms with Crippen molar-refractivity contribution in [2.24, 2.45) is 0 Å². The van der Waals surface area contributed by atoms with Crippen molar-refractivity contribution in [2.45, 2.75) is 13.5 Å². The molecule has 1 rings (SSSR count). The Morgan fingerprint density at radius 1 is 1.88 bits per heavy atom. The molecule has 0 aliphatic carbocycles. The van der Waals surface area contributed by atoms with E-state index >= 15 is 0 Å². The lowest BCUT2D eigenvalue weighted by molar-refractivity contribution is 0.645. The Labute approximate surface area is 56.6 Å². The summed E-state index contributed by atoms with van der Waals surface area (Å²) in [5.74, 6) is 0. The average Bonchev–Trinajstić information content (AvgIpc) is 2.14. The predicted octanol–water partition coefficient (Wildman–Crippen LogP) is 1.67. The second-order valence-electron chi connectivity index (χ2n) is 1.47. The van der Waals surface area contributed by atoms with Crippen LogP contribution in [-0.4, -0.2) is 9.78 Å². The number of hydrogen-bond donors (Lipinski definition) is 0. The number of aryl methyl sites for hydroxylation is 1. The third kappa shape index (κ3) is 0.916. The van der Waals surface area contributed by atoms with E-state index in [1.165, 1.54) is 0 Å². The Morgan fingerprint density at radius 2 is 2.62 bits per heavy atom. The number of nitrogens with zero attached hydrogens (tertiary/aromatic N) is 2. The normalized spacial score (nSPS) is 9.75. The highest BCUT2D eigenvalue weighted by Gasteiger charge is 1.90. The molecule has 0 saturated carbocycles. The Hall–Kier alpha value is -0.310. The summed E-state index contributed by atoms with van der Waals surface area (Å²) in [6.07, 6.45) is 1.77. The summed E-state index contributed by atoms with van der Waals surface area (Å²) in [5, 5.41) is 4.00. The molecule has 2 nitrogen and oxygen atoms in total. The van der Waals surface area contributed by atoms with E-state index < -0.39 is 0 Å². The second-order valence-corrected chi connectivity index (χ2v) is 2.28. The van der Waals surface area contributed by atoms with Gasteiger partial charge in [0.1, 0.15) is 4.60 Å². The molecule has 0 spiro atoms. The minimum atomic E-state index is 0.924. The summed E-state index contributed by atoms with van der Waals surface area (Å²) >= 11 is 3.33. The predicted molar refractivity (Wildman–Crippen MR) is 35.6 cm³/mol. The van der Waals surface area contributed by atoms with Crippen LogP contribution in [0.5, 0.6) is 0 Å². The van der Waals surface area contributed by atoms with Gasteiger partial charge in [0.05, 0.1) is 6.20 Å². The molecule has 8 heavy (non-hydrogen) atoms. The van der Waals surface area contributed by atoms with Crippen molar-refractivity contribution in [3.63, 3.8) is 0 Å². The molecule has 0 bridgehead atoms. The van der Waals surface area contributed by atoms with E-state index in [2.05, 4.69) is 28.0 Å². The van der Waals surface area contributed by atoms with Crippen molar-refractivity contribution in [1.29, 1.82) is 0 Å². The largest absolute Gasteiger partial charge is 0.259 e. The van der Waals surface area contributed by atoms with E-state index in [0.29, 0.717) is 0 Å². The number of rotatable bonds is 1. The fourth-order valence-corrected chi connectivity index (χ4v) is 1.01. The van der Waals surface area contributed by atoms with Crippen molar-refractivity contribution in [3.05, 3.63) is 16.9 Å². The lowest BCUT2D eigenvalue weighted by Crippen LogP contribution is -1.94. The third-order valence-electron chi connectivity index (χ3n) is 0.964. The second kappa shape index (κ2) is 2.31. The maximum Gasteiger partial charge on any atom is 0.104 e. The Balaban J connectivity index is 2.92. The number of hydrogen-bond acceptors (Lipinski definition) is 1. The SMILES string of the molecule is CCn1nccc1Br. The van der Waals surface area contributed by atoms with Crippen LogP contribution in [0.2, 0.25) is 0 Å². The standard InChI is InChI=1S/C5H7BrN2/c1-2-8-5(6)3-4-7-8/h3-4H,2H2,1H3. The molecule has 0 aliphatic heterocycles. The van der Waals surface area contributed by atoms with Crippen LogP contribution in [0.4, 0.5) is 0 Å². The van der Waals surface area contributed by atoms with Gasteiger partial charge in [0, 0.05) is 6.54 Å². The molecule has 0 N–H and O–H groups in total. The molecule has 44 valence electrons. The van der Waals surface area contributed by atoms with Crippen LogP contribution < -0.4 is 0 Å². The van der Waals surface area contributed by atoms with E-state index in [4.69, 9.17) is 0 Å². The van der Waals surface area contributed by atoms with E-state index in [9.17, 15) is 0 Å². The minimum Gasteiger partial charge on any atom is -0.259 e. The van der Waals surface area contributed by atoms with Gasteiger partial charge in [0.15, 0.2) is 0 Å². The first kappa shape index (κ1) is 5.82. The maximum absolute atomic E-state index is 4.00. The van der Waals surface area contributed by atoms with E-state index in [0.717, 1.165) is 11.1 Å². The van der Waals surface area contributed by atoms with Gasteiger partial charge in [-0.3, -0.25) is 4.68 Å². The molecule has 0 atom stereocenters. The topological polar surface area (TPSA) is 17.8 Å². The van der Waals surface area contributed by atoms with Crippen molar-refractivity contribution in [3.8, 4) is 0 Å². The summed E-state index contributed by atoms with van der Waals surface area (Å²) in [6.45, 7) is 2.98. The lowest BCUT2D eigenvalue weighted by Gasteiger charge is -1.93. The van der Waals surface area contributed by atoms with Crippen LogP contribution >= 0.6 is 15.9 Å². The molecule has 1 heterocycles. The fraction of sp³-hybridized carbons (Fsp3) is 0.400. The highest BCUT2D eigenvalue weighted by atomic mass is 79.9. The Kier molecular flexibility index (Phi) is 1.68. The third-order valence-corrected chi connectivity index (χ3v) is 1.64. The molecule has 0 unspecified atom stereocenters. The highest BCUT2D eigenvalue weighted by molar-refractivity contribution is 9.10. The van der Waals surface area contributed by atoms with E-state index in [1.807, 2.05) is 10.7 Å². The van der Waals surface area contributed by atoms with Crippen molar-refractivity contribution < 1.29 is 0 Å². The van der Waals surface area contributed by atoms with Gasteiger partial charge in [-0.2, -0.15) is 5.10 Å². The van der Waals surface area contributed by atoms with Gasteiger partial charge in [0.2, 0.25) is 0 Å². The molecule has 0 saturated heterocycles. The average molecular weight is 175 g/mol. The van der Waals surface area contributed by atoms with Gasteiger partial charge >= 0.3 is 0 Å². The maximum atomic E-state index is 4.00. The first-order valence-electron chi connectivity index (χ1n) is 2.52. The molecule has 0 amide bonds. The lowest BCUT2D eigenvalue weighted by atomic mass is 10.7. The summed E-state index contributed by atoms with van der Waals surface area (Å²) < 4.78 is 2.92. The highest BCUT2D eigenvalue weighted by Crippen LogP contribution is 2.05. The van der Waals surface area contributed by atoms with Crippen LogP contribution in [0.15, 0.2) is 16.9 Å². The molecular weight excluding hydrogens is 168 g/mol. The molecule has 0 aliphatic rings. The Bertz CT molecular complexity index is 171. The molecule has 3 heteroatoms. The minimum absolute atomic E-state index is 0.924. The van der Waals surface area contributed by atoms with Gasteiger partial charge in [-0.15, -0.1) is 0 Å². The monoisotopic (exact) mass is 174 g/mol. The molecule has 0 aromatic carbocycles. The van der Waals surface area contributed by atoms with Gasteiger partial charge < -0.3 is 0 Å². The quantitative estimate of drug-likeness (QED) is 0.634. The van der Waals surface area contributed by atoms with Crippen LogP contribution in [0, 0.1) is 0 Å². The van der Waals surface area contributed by atoms with Gasteiger partial charge in [-0.05, 0) is 28.9 Å². The molecular formula is C5H7BrN2. The molecule has 0 radical (unpaired) electrons. The van der Waals surface area contributed by atoms with E-state index in [1.54, 1.807) is 6.20 Å². The first-order chi connectivity index (χ1) is 3.84. The summed E-state index contributed by atoms with van der Waals surface area (Å²) in [6, 6.07) is 1.92. The van der Waals surface area contributed by atoms with E-state index in [-0.39, 0.29) is 0 Å². The van der Waals surface area contributed by atoms with Gasteiger partial charge in [-0.1, -0.05) is 0 Å². The zero-order valence-corrected chi connectivity index (χ0v) is 6.22. The zero-order valence-electron chi connectivity index (χ0n) is 4.63. The molecule has 1 aromatic rings. The van der Waals surface area contributed by atoms with Crippen LogP contribution in [0.3, 0.4) is 0 Å². The smallest absolute Gasteiger partial charge is 0.104 e. The van der Waals surface area contributed by atoms with Crippen molar-refractivity contribution >= 4 is 15.9 Å². The van der Waals surface area contributed by atoms with Gasteiger partial charge in [-0.25, -0.2) is 0 Å². The zero-order chi connectivity index (χ0) is 5.98. The summed E-state index contributed by atoms with van der Waals surface area (Å²) in [4.78, 5) is 0. The fourth-order valence-electron chi connectivity index (χ4n) is 0.549. The molecule has 1 aromatic heterocycles. The Morgan fingerprint density at radius 3 is 2.88 bits per heavy atom. The number of halogens is 1. The van der Waals surface area contributed by atoms with Crippen LogP contribution in [0.25, 0.3) is 0 Å². The van der Waals surface area contributed by atoms with Crippen LogP contribution in [-0.2, 0) is 6.54 Å². The number of aromatic nitrogens is 2. The van der Waals surface area contributed by atoms with Gasteiger partial charge in [0.25, 0.3) is 0 Å². The first-order valence-corrected chi connectivity index (χ1v) is 3.31. The summed E-state index contributed by atoms with van der Waals surface area (Å²) in [7, 11) is 0. The van der Waals surface area contributed by atoms with Crippen molar-refractivity contribution in [2.75, 3.05) is 0 Å². The van der Waals surface area contributed by atoms with Crippen molar-refractivity contribution in [1.82, 2.24) is 9.78 Å². The molecule has 0 fully saturated rings. The summed E-state index contributed by atoms with van der Waals surface area (Å²) in [5.41, 5.74) is 0.